The molecule has 0 spiro atoms. The molecule has 4 nitrogen and oxygen atoms in total. The molecule has 2 aromatic rings. The third kappa shape index (κ3) is 5.01. The standard InChI is InChI=1S/C20H25NO3/c1-5-23-18-11-9-17(10-12-18)15(3)21-20(22)16(4)24-19-8-6-7-14(2)13-19/h6-13,15-16H,5H2,1-4H3,(H,21,22)/t15-,16-/m1/s1. The molecule has 0 aromatic heterocycles. The predicted molar refractivity (Wildman–Crippen MR) is 95.4 cm³/mol. The van der Waals surface area contributed by atoms with E-state index < -0.39 is 6.10 Å². The largest absolute Gasteiger partial charge is 0.494 e. The first kappa shape index (κ1) is 17.9. The van der Waals surface area contributed by atoms with Crippen molar-refractivity contribution in [2.45, 2.75) is 39.8 Å². The summed E-state index contributed by atoms with van der Waals surface area (Å²) in [5.74, 6) is 1.39. The summed E-state index contributed by atoms with van der Waals surface area (Å²) in [6.07, 6.45) is -0.558. The molecule has 2 rings (SSSR count). The minimum absolute atomic E-state index is 0.100. The Morgan fingerprint density at radius 1 is 1.08 bits per heavy atom. The van der Waals surface area contributed by atoms with Crippen LogP contribution < -0.4 is 14.8 Å². The Kier molecular flexibility index (Phi) is 6.24. The highest BCUT2D eigenvalue weighted by molar-refractivity contribution is 5.81. The first-order chi connectivity index (χ1) is 11.5. The van der Waals surface area contributed by atoms with Crippen LogP contribution in [0.3, 0.4) is 0 Å². The number of aryl methyl sites for hydroxylation is 1. The maximum atomic E-state index is 12.3. The van der Waals surface area contributed by atoms with Crippen molar-refractivity contribution >= 4 is 5.91 Å². The van der Waals surface area contributed by atoms with E-state index in [0.29, 0.717) is 12.4 Å². The van der Waals surface area contributed by atoms with Crippen LogP contribution in [0.2, 0.25) is 0 Å². The van der Waals surface area contributed by atoms with Gasteiger partial charge in [0, 0.05) is 0 Å². The van der Waals surface area contributed by atoms with Gasteiger partial charge in [-0.05, 0) is 63.1 Å². The maximum Gasteiger partial charge on any atom is 0.261 e. The Labute approximate surface area is 143 Å². The average molecular weight is 327 g/mol. The fourth-order valence-corrected chi connectivity index (χ4v) is 2.38. The Morgan fingerprint density at radius 3 is 2.42 bits per heavy atom. The number of nitrogens with one attached hydrogen (secondary N) is 1. The third-order valence-electron chi connectivity index (χ3n) is 3.72. The van der Waals surface area contributed by atoms with Crippen LogP contribution in [0.25, 0.3) is 0 Å². The number of rotatable bonds is 7. The summed E-state index contributed by atoms with van der Waals surface area (Å²) >= 11 is 0. The molecule has 0 heterocycles. The molecular formula is C20H25NO3. The molecule has 0 unspecified atom stereocenters. The zero-order chi connectivity index (χ0) is 17.5. The monoisotopic (exact) mass is 327 g/mol. The zero-order valence-corrected chi connectivity index (χ0v) is 14.7. The lowest BCUT2D eigenvalue weighted by atomic mass is 10.1. The lowest BCUT2D eigenvalue weighted by Gasteiger charge is -2.19. The van der Waals surface area contributed by atoms with Crippen LogP contribution in [-0.2, 0) is 4.79 Å². The van der Waals surface area contributed by atoms with Crippen LogP contribution in [0.15, 0.2) is 48.5 Å². The molecule has 0 fully saturated rings. The number of hydrogen-bond acceptors (Lipinski definition) is 3. The summed E-state index contributed by atoms with van der Waals surface area (Å²) in [6, 6.07) is 15.3. The lowest BCUT2D eigenvalue weighted by molar-refractivity contribution is -0.127. The first-order valence-corrected chi connectivity index (χ1v) is 8.26. The van der Waals surface area contributed by atoms with E-state index in [2.05, 4.69) is 5.32 Å². The van der Waals surface area contributed by atoms with E-state index in [-0.39, 0.29) is 11.9 Å². The molecule has 0 aliphatic carbocycles. The number of ether oxygens (including phenoxy) is 2. The van der Waals surface area contributed by atoms with Gasteiger partial charge in [0.2, 0.25) is 0 Å². The van der Waals surface area contributed by atoms with Gasteiger partial charge in [-0.25, -0.2) is 0 Å². The smallest absolute Gasteiger partial charge is 0.261 e. The van der Waals surface area contributed by atoms with Crippen LogP contribution in [-0.4, -0.2) is 18.6 Å². The molecule has 0 aliphatic rings. The van der Waals surface area contributed by atoms with Crippen molar-refractivity contribution in [1.82, 2.24) is 5.32 Å². The lowest BCUT2D eigenvalue weighted by Crippen LogP contribution is -2.37. The summed E-state index contributed by atoms with van der Waals surface area (Å²) in [7, 11) is 0. The summed E-state index contributed by atoms with van der Waals surface area (Å²) in [6.45, 7) is 8.28. The van der Waals surface area contributed by atoms with Crippen LogP contribution in [0, 0.1) is 6.92 Å². The van der Waals surface area contributed by atoms with E-state index in [1.807, 2.05) is 69.3 Å². The van der Waals surface area contributed by atoms with Crippen LogP contribution in [0.4, 0.5) is 0 Å². The van der Waals surface area contributed by atoms with Crippen molar-refractivity contribution in [2.75, 3.05) is 6.61 Å². The van der Waals surface area contributed by atoms with Gasteiger partial charge in [-0.2, -0.15) is 0 Å². The predicted octanol–water partition coefficient (Wildman–Crippen LogP) is 4.04. The summed E-state index contributed by atoms with van der Waals surface area (Å²) < 4.78 is 11.1. The molecule has 0 saturated carbocycles. The van der Waals surface area contributed by atoms with Gasteiger partial charge in [0.15, 0.2) is 6.10 Å². The fraction of sp³-hybridized carbons (Fsp3) is 0.350. The number of amides is 1. The van der Waals surface area contributed by atoms with Crippen molar-refractivity contribution in [3.05, 3.63) is 59.7 Å². The van der Waals surface area contributed by atoms with Crippen molar-refractivity contribution in [3.63, 3.8) is 0 Å². The molecule has 1 N–H and O–H groups in total. The van der Waals surface area contributed by atoms with Gasteiger partial charge >= 0.3 is 0 Å². The second-order valence-electron chi connectivity index (χ2n) is 5.81. The number of carbonyl (C=O) groups excluding carboxylic acids is 1. The van der Waals surface area contributed by atoms with Gasteiger partial charge in [-0.1, -0.05) is 24.3 Å². The molecule has 2 atom stereocenters. The quantitative estimate of drug-likeness (QED) is 0.835. The molecule has 0 saturated heterocycles. The summed E-state index contributed by atoms with van der Waals surface area (Å²) in [5, 5.41) is 2.98. The number of carbonyl (C=O) groups is 1. The van der Waals surface area contributed by atoms with E-state index in [4.69, 9.17) is 9.47 Å². The van der Waals surface area contributed by atoms with E-state index in [9.17, 15) is 4.79 Å². The second kappa shape index (κ2) is 8.39. The van der Waals surface area contributed by atoms with Gasteiger partial charge < -0.3 is 14.8 Å². The van der Waals surface area contributed by atoms with Gasteiger partial charge in [-0.3, -0.25) is 4.79 Å². The minimum Gasteiger partial charge on any atom is -0.494 e. The van der Waals surface area contributed by atoms with Crippen molar-refractivity contribution in [3.8, 4) is 11.5 Å². The van der Waals surface area contributed by atoms with Crippen LogP contribution >= 0.6 is 0 Å². The van der Waals surface area contributed by atoms with E-state index >= 15 is 0 Å². The van der Waals surface area contributed by atoms with Crippen molar-refractivity contribution < 1.29 is 14.3 Å². The molecule has 0 aliphatic heterocycles. The maximum absolute atomic E-state index is 12.3. The molecule has 0 radical (unpaired) electrons. The molecule has 0 bridgehead atoms. The highest BCUT2D eigenvalue weighted by Crippen LogP contribution is 2.18. The Morgan fingerprint density at radius 2 is 1.79 bits per heavy atom. The topological polar surface area (TPSA) is 47.6 Å². The van der Waals surface area contributed by atoms with Gasteiger partial charge in [0.25, 0.3) is 5.91 Å². The number of benzene rings is 2. The van der Waals surface area contributed by atoms with Crippen LogP contribution in [0.1, 0.15) is 37.9 Å². The SMILES string of the molecule is CCOc1ccc([C@@H](C)NC(=O)[C@@H](C)Oc2cccc(C)c2)cc1. The normalized spacial score (nSPS) is 13.0. The summed E-state index contributed by atoms with van der Waals surface area (Å²) in [4.78, 5) is 12.3. The van der Waals surface area contributed by atoms with Crippen molar-refractivity contribution in [1.29, 1.82) is 0 Å². The third-order valence-corrected chi connectivity index (χ3v) is 3.72. The van der Waals surface area contributed by atoms with Gasteiger partial charge in [0.1, 0.15) is 11.5 Å². The fourth-order valence-electron chi connectivity index (χ4n) is 2.38. The summed E-state index contributed by atoms with van der Waals surface area (Å²) in [5.41, 5.74) is 2.12. The van der Waals surface area contributed by atoms with Gasteiger partial charge in [0.05, 0.1) is 12.6 Å². The molecule has 2 aromatic carbocycles. The Balaban J connectivity index is 1.92. The Bertz CT molecular complexity index is 667. The highest BCUT2D eigenvalue weighted by atomic mass is 16.5. The molecular weight excluding hydrogens is 302 g/mol. The first-order valence-electron chi connectivity index (χ1n) is 8.26. The Hall–Kier alpha value is -2.49. The molecule has 1 amide bonds. The number of hydrogen-bond donors (Lipinski definition) is 1. The van der Waals surface area contributed by atoms with E-state index in [0.717, 1.165) is 16.9 Å². The second-order valence-corrected chi connectivity index (χ2v) is 5.81. The minimum atomic E-state index is -0.558. The molecule has 4 heteroatoms. The van der Waals surface area contributed by atoms with Crippen LogP contribution in [0.5, 0.6) is 11.5 Å². The van der Waals surface area contributed by atoms with Gasteiger partial charge in [-0.15, -0.1) is 0 Å². The van der Waals surface area contributed by atoms with E-state index in [1.165, 1.54) is 0 Å². The average Bonchev–Trinajstić information content (AvgIpc) is 2.55. The molecule has 128 valence electrons. The van der Waals surface area contributed by atoms with E-state index in [1.54, 1.807) is 6.92 Å². The highest BCUT2D eigenvalue weighted by Gasteiger charge is 2.17. The van der Waals surface area contributed by atoms with Crippen molar-refractivity contribution in [2.24, 2.45) is 0 Å². The zero-order valence-electron chi connectivity index (χ0n) is 14.7. The molecule has 24 heavy (non-hydrogen) atoms.